The van der Waals surface area contributed by atoms with E-state index in [1.807, 2.05) is 13.0 Å². The monoisotopic (exact) mass is 492 g/mol. The van der Waals surface area contributed by atoms with Crippen LogP contribution < -0.4 is 10.6 Å². The molecule has 9 heteroatoms. The average Bonchev–Trinajstić information content (AvgIpc) is 3.16. The first-order valence-electron chi connectivity index (χ1n) is 11.5. The van der Waals surface area contributed by atoms with Crippen LogP contribution in [0.15, 0.2) is 40.9 Å². The number of benzene rings is 1. The van der Waals surface area contributed by atoms with Crippen LogP contribution in [0.25, 0.3) is 10.9 Å². The molecule has 4 rings (SSSR count). The summed E-state index contributed by atoms with van der Waals surface area (Å²) in [4.78, 5) is 21.2. The Balaban J connectivity index is 1.50. The fourth-order valence-corrected chi connectivity index (χ4v) is 4.77. The van der Waals surface area contributed by atoms with Crippen LogP contribution in [0.3, 0.4) is 0 Å². The van der Waals surface area contributed by atoms with Crippen LogP contribution in [0, 0.1) is 5.92 Å². The maximum absolute atomic E-state index is 13.4. The number of aliphatic imine (C=N–C) groups is 1. The number of hydrogen-bond donors (Lipinski definition) is 2. The Morgan fingerprint density at radius 3 is 2.59 bits per heavy atom. The average molecular weight is 493 g/mol. The Kier molecular flexibility index (Phi) is 6.90. The number of carbonyl (C=O) groups excluding carboxylic acids is 1. The number of halogens is 4. The van der Waals surface area contributed by atoms with Crippen LogP contribution >= 0.6 is 11.6 Å². The van der Waals surface area contributed by atoms with Crippen LogP contribution in [0.4, 0.5) is 18.9 Å². The summed E-state index contributed by atoms with van der Waals surface area (Å²) in [5.74, 6) is 0.171. The molecule has 1 amide bonds. The van der Waals surface area contributed by atoms with Crippen molar-refractivity contribution in [3.05, 3.63) is 46.6 Å². The minimum atomic E-state index is -4.56. The molecule has 1 aromatic carbocycles. The number of amides is 1. The van der Waals surface area contributed by atoms with E-state index in [9.17, 15) is 18.0 Å². The van der Waals surface area contributed by atoms with Crippen molar-refractivity contribution < 1.29 is 18.0 Å². The van der Waals surface area contributed by atoms with E-state index in [-0.39, 0.29) is 29.5 Å². The van der Waals surface area contributed by atoms with Gasteiger partial charge in [0.15, 0.2) is 0 Å². The molecule has 5 nitrogen and oxygen atoms in total. The number of anilines is 1. The molecule has 0 radical (unpaired) electrons. The predicted molar refractivity (Wildman–Crippen MR) is 129 cm³/mol. The molecular weight excluding hydrogens is 465 g/mol. The van der Waals surface area contributed by atoms with Crippen LogP contribution in [0.1, 0.15) is 52.1 Å². The lowest BCUT2D eigenvalue weighted by atomic mass is 9.90. The zero-order valence-electron chi connectivity index (χ0n) is 19.3. The van der Waals surface area contributed by atoms with Gasteiger partial charge in [0.2, 0.25) is 0 Å². The van der Waals surface area contributed by atoms with Gasteiger partial charge in [0.1, 0.15) is 5.69 Å². The SMILES string of the molecule is CC1=NC(C(C)C)C=C1C(=O)N[C@@H]1CCC[C@H](Nc2cc(C(F)(F)F)nc3ccc(Cl)cc23)C1. The first-order valence-corrected chi connectivity index (χ1v) is 11.9. The second-order valence-electron chi connectivity index (χ2n) is 9.42. The highest BCUT2D eigenvalue weighted by molar-refractivity contribution is 6.31. The highest BCUT2D eigenvalue weighted by Crippen LogP contribution is 2.35. The molecule has 1 unspecified atom stereocenters. The lowest BCUT2D eigenvalue weighted by Crippen LogP contribution is -2.42. The van der Waals surface area contributed by atoms with Crippen molar-refractivity contribution in [2.75, 3.05) is 5.32 Å². The molecule has 3 atom stereocenters. The molecule has 1 aliphatic carbocycles. The molecule has 34 heavy (non-hydrogen) atoms. The predicted octanol–water partition coefficient (Wildman–Crippen LogP) is 6.17. The Morgan fingerprint density at radius 1 is 1.18 bits per heavy atom. The molecule has 1 aliphatic heterocycles. The lowest BCUT2D eigenvalue weighted by Gasteiger charge is -2.31. The summed E-state index contributed by atoms with van der Waals surface area (Å²) in [6.45, 7) is 5.98. The number of nitrogens with one attached hydrogen (secondary N) is 2. The Bertz CT molecular complexity index is 1160. The highest BCUT2D eigenvalue weighted by Gasteiger charge is 2.34. The summed E-state index contributed by atoms with van der Waals surface area (Å²) in [5.41, 5.74) is 0.969. The molecule has 0 bridgehead atoms. The Hall–Kier alpha value is -2.61. The van der Waals surface area contributed by atoms with Gasteiger partial charge in [-0.25, -0.2) is 4.98 Å². The third kappa shape index (κ3) is 5.37. The van der Waals surface area contributed by atoms with Crippen molar-refractivity contribution in [1.29, 1.82) is 0 Å². The zero-order valence-corrected chi connectivity index (χ0v) is 20.1. The molecule has 182 valence electrons. The second kappa shape index (κ2) is 9.56. The van der Waals surface area contributed by atoms with E-state index < -0.39 is 11.9 Å². The second-order valence-corrected chi connectivity index (χ2v) is 9.86. The molecule has 0 spiro atoms. The Morgan fingerprint density at radius 2 is 1.91 bits per heavy atom. The van der Waals surface area contributed by atoms with E-state index in [2.05, 4.69) is 34.5 Å². The third-order valence-corrected chi connectivity index (χ3v) is 6.66. The van der Waals surface area contributed by atoms with E-state index in [0.717, 1.165) is 31.0 Å². The van der Waals surface area contributed by atoms with Crippen LogP contribution in [-0.4, -0.2) is 34.7 Å². The summed E-state index contributed by atoms with van der Waals surface area (Å²) in [7, 11) is 0. The summed E-state index contributed by atoms with van der Waals surface area (Å²) in [6, 6.07) is 5.51. The van der Waals surface area contributed by atoms with E-state index >= 15 is 0 Å². The van der Waals surface area contributed by atoms with Crippen molar-refractivity contribution in [2.24, 2.45) is 10.9 Å². The smallest absolute Gasteiger partial charge is 0.382 e. The van der Waals surface area contributed by atoms with Crippen LogP contribution in [-0.2, 0) is 11.0 Å². The number of pyridine rings is 1. The minimum absolute atomic E-state index is 0.0103. The number of alkyl halides is 3. The maximum atomic E-state index is 13.4. The summed E-state index contributed by atoms with van der Waals surface area (Å²) < 4.78 is 40.3. The van der Waals surface area contributed by atoms with Gasteiger partial charge in [-0.2, -0.15) is 13.2 Å². The standard InChI is InChI=1S/C25H28ClF3N4O/c1-13(2)21-11-18(14(3)30-21)24(34)32-17-6-4-5-16(10-17)31-22-12-23(25(27,28)29)33-20-8-7-15(26)9-19(20)22/h7-9,11-13,16-17,21H,4-6,10H2,1-3H3,(H,31,33)(H,32,34)/t16-,17+,21?/m0/s1. The van der Waals surface area contributed by atoms with Gasteiger partial charge in [0, 0.05) is 33.9 Å². The third-order valence-electron chi connectivity index (χ3n) is 6.43. The zero-order chi connectivity index (χ0) is 24.6. The summed E-state index contributed by atoms with van der Waals surface area (Å²) in [5, 5.41) is 7.35. The van der Waals surface area contributed by atoms with Crippen LogP contribution in [0.5, 0.6) is 0 Å². The maximum Gasteiger partial charge on any atom is 0.433 e. The molecule has 2 aromatic rings. The molecule has 2 N–H and O–H groups in total. The first kappa shape index (κ1) is 24.5. The largest absolute Gasteiger partial charge is 0.433 e. The van der Waals surface area contributed by atoms with E-state index in [1.165, 1.54) is 12.1 Å². The number of carbonyl (C=O) groups is 1. The molecule has 1 aromatic heterocycles. The quantitative estimate of drug-likeness (QED) is 0.524. The Labute approximate surface area is 201 Å². The lowest BCUT2D eigenvalue weighted by molar-refractivity contribution is -0.140. The number of fused-ring (bicyclic) bond motifs is 1. The van der Waals surface area contributed by atoms with Crippen molar-refractivity contribution in [2.45, 2.75) is 70.8 Å². The fourth-order valence-electron chi connectivity index (χ4n) is 4.60. The van der Waals surface area contributed by atoms with Crippen molar-refractivity contribution in [3.8, 4) is 0 Å². The van der Waals surface area contributed by atoms with Gasteiger partial charge in [-0.3, -0.25) is 9.79 Å². The molecule has 1 fully saturated rings. The van der Waals surface area contributed by atoms with Crippen molar-refractivity contribution >= 4 is 39.8 Å². The van der Waals surface area contributed by atoms with E-state index in [0.29, 0.717) is 34.0 Å². The van der Waals surface area contributed by atoms with Gasteiger partial charge in [0.25, 0.3) is 5.91 Å². The fraction of sp³-hybridized carbons (Fsp3) is 0.480. The highest BCUT2D eigenvalue weighted by atomic mass is 35.5. The topological polar surface area (TPSA) is 66.4 Å². The molecular formula is C25H28ClF3N4O. The minimum Gasteiger partial charge on any atom is -0.382 e. The molecule has 1 saturated carbocycles. The van der Waals surface area contributed by atoms with Gasteiger partial charge >= 0.3 is 6.18 Å². The molecule has 0 saturated heterocycles. The number of hydrogen-bond acceptors (Lipinski definition) is 4. The molecule has 2 aliphatic rings. The summed E-state index contributed by atoms with van der Waals surface area (Å²) in [6.07, 6.45) is 0.414. The van der Waals surface area contributed by atoms with Gasteiger partial charge in [-0.15, -0.1) is 0 Å². The van der Waals surface area contributed by atoms with Crippen molar-refractivity contribution in [3.63, 3.8) is 0 Å². The number of aromatic nitrogens is 1. The van der Waals surface area contributed by atoms with Gasteiger partial charge in [-0.1, -0.05) is 25.4 Å². The van der Waals surface area contributed by atoms with Crippen LogP contribution in [0.2, 0.25) is 5.02 Å². The van der Waals surface area contributed by atoms with Crippen molar-refractivity contribution in [1.82, 2.24) is 10.3 Å². The van der Waals surface area contributed by atoms with Gasteiger partial charge < -0.3 is 10.6 Å². The van der Waals surface area contributed by atoms with E-state index in [4.69, 9.17) is 11.6 Å². The number of nitrogens with zero attached hydrogens (tertiary/aromatic N) is 2. The van der Waals surface area contributed by atoms with E-state index in [1.54, 1.807) is 6.07 Å². The molecule has 2 heterocycles. The van der Waals surface area contributed by atoms with Gasteiger partial charge in [-0.05, 0) is 68.9 Å². The van der Waals surface area contributed by atoms with Gasteiger partial charge in [0.05, 0.1) is 17.1 Å². The number of rotatable bonds is 5. The normalized spacial score (nSPS) is 23.1. The summed E-state index contributed by atoms with van der Waals surface area (Å²) >= 11 is 6.11. The first-order chi connectivity index (χ1) is 16.0.